The van der Waals surface area contributed by atoms with E-state index in [2.05, 4.69) is 20.1 Å². The number of anilines is 2. The molecule has 0 unspecified atom stereocenters. The molecule has 0 saturated heterocycles. The first-order valence-electron chi connectivity index (χ1n) is 14.0. The van der Waals surface area contributed by atoms with Crippen LogP contribution in [0.25, 0.3) is 11.1 Å². The highest BCUT2D eigenvalue weighted by molar-refractivity contribution is 7.61. The second-order valence-electron chi connectivity index (χ2n) is 11.6. The zero-order chi connectivity index (χ0) is 30.8. The molecule has 12 heteroatoms. The van der Waals surface area contributed by atoms with Gasteiger partial charge in [0.2, 0.25) is 0 Å². The Morgan fingerprint density at radius 3 is 2.49 bits per heavy atom. The van der Waals surface area contributed by atoms with Gasteiger partial charge in [-0.25, -0.2) is 4.79 Å². The number of pyridine rings is 1. The molecule has 5 rings (SSSR count). The molecule has 2 aliphatic carbocycles. The maximum absolute atomic E-state index is 12.9. The third-order valence-electron chi connectivity index (χ3n) is 9.27. The van der Waals surface area contributed by atoms with Gasteiger partial charge in [-0.2, -0.15) is 13.4 Å². The van der Waals surface area contributed by atoms with Crippen LogP contribution < -0.4 is 10.6 Å². The Hall–Kier alpha value is -4.42. The lowest BCUT2D eigenvalue weighted by atomic mass is 9.68. The summed E-state index contributed by atoms with van der Waals surface area (Å²) in [6.45, 7) is 3.83. The number of benzene rings is 2. The molecule has 2 aliphatic rings. The molecule has 2 fully saturated rings. The number of carboxylic acids is 1. The van der Waals surface area contributed by atoms with Crippen molar-refractivity contribution >= 4 is 39.7 Å². The van der Waals surface area contributed by atoms with E-state index >= 15 is 0 Å². The number of aromatic nitrogens is 1. The predicted molar refractivity (Wildman–Crippen MR) is 160 cm³/mol. The largest absolute Gasteiger partial charge is 0.480 e. The van der Waals surface area contributed by atoms with Crippen molar-refractivity contribution in [3.05, 3.63) is 78.6 Å². The molecule has 2 aromatic carbocycles. The molecule has 0 aliphatic heterocycles. The van der Waals surface area contributed by atoms with Crippen LogP contribution in [0.2, 0.25) is 0 Å². The van der Waals surface area contributed by atoms with E-state index in [1.807, 2.05) is 44.2 Å². The Morgan fingerprint density at radius 2 is 1.88 bits per heavy atom. The van der Waals surface area contributed by atoms with Crippen molar-refractivity contribution in [2.45, 2.75) is 45.6 Å². The number of carbonyl (C=O) groups excluding carboxylic acids is 2. The Morgan fingerprint density at radius 1 is 1.12 bits per heavy atom. The second-order valence-corrected chi connectivity index (χ2v) is 12.2. The van der Waals surface area contributed by atoms with Crippen molar-refractivity contribution in [2.24, 2.45) is 21.2 Å². The quantitative estimate of drug-likeness (QED) is 0.271. The first kappa shape index (κ1) is 30.1. The maximum Gasteiger partial charge on any atom is 0.328 e. The van der Waals surface area contributed by atoms with Crippen LogP contribution in [0.4, 0.5) is 16.2 Å². The van der Waals surface area contributed by atoms with Crippen LogP contribution >= 0.6 is 0 Å². The lowest BCUT2D eigenvalue weighted by molar-refractivity contribution is -0.144. The minimum absolute atomic E-state index is 0.00553. The number of nitrogens with one attached hydrogen (secondary N) is 2. The Labute approximate surface area is 251 Å². The van der Waals surface area contributed by atoms with Crippen molar-refractivity contribution in [1.82, 2.24) is 9.99 Å². The van der Waals surface area contributed by atoms with E-state index in [0.717, 1.165) is 17.0 Å². The maximum atomic E-state index is 12.9. The van der Waals surface area contributed by atoms with Gasteiger partial charge >= 0.3 is 22.5 Å². The minimum Gasteiger partial charge on any atom is -0.480 e. The van der Waals surface area contributed by atoms with Crippen molar-refractivity contribution in [3.8, 4) is 11.1 Å². The first-order valence-corrected chi connectivity index (χ1v) is 15.0. The number of fused-ring (bicyclic) bond motifs is 2. The number of amides is 2. The molecule has 0 spiro atoms. The van der Waals surface area contributed by atoms with E-state index in [1.165, 1.54) is 6.20 Å². The fourth-order valence-electron chi connectivity index (χ4n) is 6.63. The van der Waals surface area contributed by atoms with Crippen molar-refractivity contribution in [1.29, 1.82) is 0 Å². The number of rotatable bonds is 10. The summed E-state index contributed by atoms with van der Waals surface area (Å²) in [6.07, 6.45) is 4.89. The molecular formula is C31H33N5O6S. The van der Waals surface area contributed by atoms with E-state index in [4.69, 9.17) is 0 Å². The van der Waals surface area contributed by atoms with Crippen LogP contribution in [0, 0.1) is 16.7 Å². The second kappa shape index (κ2) is 12.1. The lowest BCUT2D eigenvalue weighted by Gasteiger charge is -2.40. The third-order valence-corrected chi connectivity index (χ3v) is 9.62. The average molecular weight is 604 g/mol. The van der Waals surface area contributed by atoms with Crippen molar-refractivity contribution < 1.29 is 27.9 Å². The van der Waals surface area contributed by atoms with Gasteiger partial charge in [0.05, 0.1) is 17.6 Å². The minimum atomic E-state index is -2.91. The standard InChI is InChI=1S/C31H33N5O6S/c1-30-13-12-22(17-27(30)37)31(30,2)19-36(35-43(41)42)26(28(38)39)16-20-10-11-24(21-7-4-3-5-8-21)25(15-20)34-29(40)33-23-9-6-14-32-18-23/h3-11,14-15,18,22,26H,12-13,16-17,19H2,1-2H3,(H,38,39)(H2,33,34,40)/t22-,26-,30+,31-/m0/s1. The molecule has 1 aromatic heterocycles. The SMILES string of the molecule is C[C@]1(CN(N=S(=O)=O)[C@@H](Cc2ccc(-c3ccccc3)c(NC(=O)Nc3cccnc3)c2)C(=O)O)[C@H]2CC[C@]1(C)C(=O)C2. The molecule has 4 atom stereocenters. The number of carbonyl (C=O) groups is 3. The average Bonchev–Trinajstić information content (AvgIpc) is 3.31. The number of ketones is 1. The van der Waals surface area contributed by atoms with Gasteiger partial charge in [-0.3, -0.25) is 14.6 Å². The summed E-state index contributed by atoms with van der Waals surface area (Å²) in [5.74, 6) is -1.11. The van der Waals surface area contributed by atoms with E-state index in [0.29, 0.717) is 35.3 Å². The molecule has 11 nitrogen and oxygen atoms in total. The summed E-state index contributed by atoms with van der Waals surface area (Å²) < 4.78 is 27.3. The molecule has 0 radical (unpaired) electrons. The third kappa shape index (κ3) is 6.06. The fraction of sp³-hybridized carbons (Fsp3) is 0.355. The monoisotopic (exact) mass is 603 g/mol. The molecular weight excluding hydrogens is 570 g/mol. The number of nitrogens with zero attached hydrogens (tertiary/aromatic N) is 3. The van der Waals surface area contributed by atoms with Gasteiger partial charge in [-0.15, -0.1) is 0 Å². The topological polar surface area (TPSA) is 158 Å². The summed E-state index contributed by atoms with van der Waals surface area (Å²) in [4.78, 5) is 42.4. The molecule has 1 heterocycles. The highest BCUT2D eigenvalue weighted by atomic mass is 32.2. The van der Waals surface area contributed by atoms with Gasteiger partial charge < -0.3 is 15.7 Å². The number of carboxylic acid groups (broad SMARTS) is 1. The van der Waals surface area contributed by atoms with Crippen LogP contribution in [0.3, 0.4) is 0 Å². The summed E-state index contributed by atoms with van der Waals surface area (Å²) in [7, 11) is -2.91. The van der Waals surface area contributed by atoms with Gasteiger partial charge in [-0.1, -0.05) is 60.8 Å². The molecule has 2 amide bonds. The van der Waals surface area contributed by atoms with Crippen LogP contribution in [0.15, 0.2) is 77.5 Å². The first-order chi connectivity index (χ1) is 20.5. The summed E-state index contributed by atoms with van der Waals surface area (Å²) in [5.41, 5.74) is 1.71. The van der Waals surface area contributed by atoms with E-state index in [9.17, 15) is 27.9 Å². The number of hydrogen-bond acceptors (Lipinski definition) is 7. The van der Waals surface area contributed by atoms with Gasteiger partial charge in [0.25, 0.3) is 0 Å². The van der Waals surface area contributed by atoms with Gasteiger partial charge in [-0.05, 0) is 53.5 Å². The lowest BCUT2D eigenvalue weighted by Crippen LogP contribution is -2.49. The van der Waals surface area contributed by atoms with Crippen LogP contribution in [-0.2, 0) is 26.5 Å². The number of aliphatic carboxylic acids is 1. The van der Waals surface area contributed by atoms with Gasteiger partial charge in [0.15, 0.2) is 0 Å². The van der Waals surface area contributed by atoms with Crippen molar-refractivity contribution in [2.75, 3.05) is 17.2 Å². The number of hydrogen-bond donors (Lipinski definition) is 3. The highest BCUT2D eigenvalue weighted by Crippen LogP contribution is 2.64. The molecule has 3 N–H and O–H groups in total. The predicted octanol–water partition coefficient (Wildman–Crippen LogP) is 5.06. The normalized spacial score (nSPS) is 23.1. The molecule has 3 aromatic rings. The van der Waals surface area contributed by atoms with Crippen LogP contribution in [0.5, 0.6) is 0 Å². The molecule has 2 saturated carbocycles. The zero-order valence-electron chi connectivity index (χ0n) is 23.9. The van der Waals surface area contributed by atoms with E-state index in [-0.39, 0.29) is 24.7 Å². The Kier molecular flexibility index (Phi) is 8.43. The number of urea groups is 1. The van der Waals surface area contributed by atoms with Crippen molar-refractivity contribution in [3.63, 3.8) is 0 Å². The molecule has 224 valence electrons. The Bertz CT molecular complexity index is 1680. The summed E-state index contributed by atoms with van der Waals surface area (Å²) in [6, 6.07) is 16.1. The smallest absolute Gasteiger partial charge is 0.328 e. The van der Waals surface area contributed by atoms with Crippen LogP contribution in [0.1, 0.15) is 38.7 Å². The van der Waals surface area contributed by atoms with E-state index < -0.39 is 39.4 Å². The summed E-state index contributed by atoms with van der Waals surface area (Å²) >= 11 is 0. The molecule has 2 bridgehead atoms. The zero-order valence-corrected chi connectivity index (χ0v) is 24.7. The van der Waals surface area contributed by atoms with E-state index in [1.54, 1.807) is 36.5 Å². The van der Waals surface area contributed by atoms with Gasteiger partial charge in [0.1, 0.15) is 11.8 Å². The fourth-order valence-corrected chi connectivity index (χ4v) is 6.97. The molecule has 43 heavy (non-hydrogen) atoms. The summed E-state index contributed by atoms with van der Waals surface area (Å²) in [5, 5.41) is 17.0. The highest BCUT2D eigenvalue weighted by Gasteiger charge is 2.64. The Balaban J connectivity index is 1.46. The number of Topliss-reactive ketones (excluding diaryl/α,β-unsaturated/α-hetero) is 1. The van der Waals surface area contributed by atoms with Gasteiger partial charge in [0, 0.05) is 36.6 Å². The van der Waals surface area contributed by atoms with Crippen LogP contribution in [-0.4, -0.2) is 53.9 Å².